The van der Waals surface area contributed by atoms with E-state index in [9.17, 15) is 4.79 Å². The van der Waals surface area contributed by atoms with Crippen LogP contribution in [0.2, 0.25) is 0 Å². The molecule has 0 atom stereocenters. The van der Waals surface area contributed by atoms with Gasteiger partial charge in [-0.05, 0) is 12.1 Å². The lowest BCUT2D eigenvalue weighted by atomic mass is 10.1. The summed E-state index contributed by atoms with van der Waals surface area (Å²) in [7, 11) is 0. The standard InChI is InChI=1S/C13H8N2O/c16-8-11-6-5-10-4-3-9-2-1-7-14-12(9)13(10)15-11/h1-8H. The summed E-state index contributed by atoms with van der Waals surface area (Å²) < 4.78 is 0. The Labute approximate surface area is 91.8 Å². The third-order valence-electron chi connectivity index (χ3n) is 2.57. The van der Waals surface area contributed by atoms with Crippen LogP contribution in [0, 0.1) is 0 Å². The minimum atomic E-state index is 0.436. The van der Waals surface area contributed by atoms with Crippen LogP contribution in [0.3, 0.4) is 0 Å². The first-order valence-electron chi connectivity index (χ1n) is 4.98. The van der Waals surface area contributed by atoms with E-state index < -0.39 is 0 Å². The molecule has 2 heterocycles. The first kappa shape index (κ1) is 8.97. The molecule has 0 amide bonds. The molecular weight excluding hydrogens is 200 g/mol. The fraction of sp³-hybridized carbons (Fsp3) is 0. The predicted octanol–water partition coefficient (Wildman–Crippen LogP) is 2.60. The smallest absolute Gasteiger partial charge is 0.168 e. The summed E-state index contributed by atoms with van der Waals surface area (Å²) >= 11 is 0. The highest BCUT2D eigenvalue weighted by Gasteiger charge is 2.03. The first-order chi connectivity index (χ1) is 7.88. The van der Waals surface area contributed by atoms with Crippen molar-refractivity contribution < 1.29 is 4.79 Å². The lowest BCUT2D eigenvalue weighted by Crippen LogP contribution is -1.89. The summed E-state index contributed by atoms with van der Waals surface area (Å²) in [4.78, 5) is 19.3. The zero-order valence-electron chi connectivity index (χ0n) is 8.42. The number of pyridine rings is 2. The molecule has 0 unspecified atom stereocenters. The number of fused-ring (bicyclic) bond motifs is 3. The van der Waals surface area contributed by atoms with E-state index in [1.54, 1.807) is 12.3 Å². The number of aromatic nitrogens is 2. The molecular formula is C13H8N2O. The van der Waals surface area contributed by atoms with E-state index in [1.165, 1.54) is 0 Å². The van der Waals surface area contributed by atoms with Crippen LogP contribution in [-0.4, -0.2) is 16.3 Å². The molecule has 1 aromatic carbocycles. The Morgan fingerprint density at radius 3 is 2.50 bits per heavy atom. The molecule has 16 heavy (non-hydrogen) atoms. The molecule has 3 rings (SSSR count). The Bertz CT molecular complexity index is 692. The van der Waals surface area contributed by atoms with Gasteiger partial charge in [0, 0.05) is 17.0 Å². The van der Waals surface area contributed by atoms with Crippen LogP contribution in [0.4, 0.5) is 0 Å². The van der Waals surface area contributed by atoms with Crippen LogP contribution >= 0.6 is 0 Å². The average molecular weight is 208 g/mol. The second-order valence-corrected chi connectivity index (χ2v) is 3.57. The fourth-order valence-corrected chi connectivity index (χ4v) is 1.80. The SMILES string of the molecule is O=Cc1ccc2ccc3cccnc3c2n1. The average Bonchev–Trinajstić information content (AvgIpc) is 2.38. The Morgan fingerprint density at radius 1 is 0.938 bits per heavy atom. The Morgan fingerprint density at radius 2 is 1.69 bits per heavy atom. The molecule has 0 bridgehead atoms. The highest BCUT2D eigenvalue weighted by atomic mass is 16.1. The quantitative estimate of drug-likeness (QED) is 0.456. The highest BCUT2D eigenvalue weighted by molar-refractivity contribution is 6.03. The van der Waals surface area contributed by atoms with Gasteiger partial charge in [-0.3, -0.25) is 9.78 Å². The maximum absolute atomic E-state index is 10.7. The monoisotopic (exact) mass is 208 g/mol. The Kier molecular flexibility index (Phi) is 1.90. The molecule has 0 aliphatic carbocycles. The van der Waals surface area contributed by atoms with Crippen molar-refractivity contribution in [2.45, 2.75) is 0 Å². The summed E-state index contributed by atoms with van der Waals surface area (Å²) in [6, 6.07) is 11.5. The topological polar surface area (TPSA) is 42.9 Å². The second-order valence-electron chi connectivity index (χ2n) is 3.57. The third-order valence-corrected chi connectivity index (χ3v) is 2.57. The van der Waals surface area contributed by atoms with E-state index in [2.05, 4.69) is 9.97 Å². The number of nitrogens with zero attached hydrogens (tertiary/aromatic N) is 2. The number of carbonyl (C=O) groups excluding carboxylic acids is 1. The molecule has 0 saturated carbocycles. The lowest BCUT2D eigenvalue weighted by Gasteiger charge is -2.02. The molecule has 3 aromatic rings. The maximum Gasteiger partial charge on any atom is 0.168 e. The summed E-state index contributed by atoms with van der Waals surface area (Å²) in [6.45, 7) is 0. The third kappa shape index (κ3) is 1.26. The molecule has 0 fully saturated rings. The van der Waals surface area contributed by atoms with Crippen molar-refractivity contribution in [3.05, 3.63) is 48.3 Å². The molecule has 0 N–H and O–H groups in total. The maximum atomic E-state index is 10.7. The normalized spacial score (nSPS) is 10.8. The number of rotatable bonds is 1. The van der Waals surface area contributed by atoms with Gasteiger partial charge in [-0.1, -0.05) is 24.3 Å². The van der Waals surface area contributed by atoms with E-state index >= 15 is 0 Å². The van der Waals surface area contributed by atoms with Crippen LogP contribution in [-0.2, 0) is 0 Å². The van der Waals surface area contributed by atoms with Crippen molar-refractivity contribution >= 4 is 28.1 Å². The van der Waals surface area contributed by atoms with Crippen LogP contribution in [0.5, 0.6) is 0 Å². The zero-order chi connectivity index (χ0) is 11.0. The van der Waals surface area contributed by atoms with Crippen LogP contribution in [0.25, 0.3) is 21.8 Å². The van der Waals surface area contributed by atoms with Gasteiger partial charge < -0.3 is 0 Å². The summed E-state index contributed by atoms with van der Waals surface area (Å²) in [5.74, 6) is 0. The molecule has 3 nitrogen and oxygen atoms in total. The van der Waals surface area contributed by atoms with Crippen LogP contribution < -0.4 is 0 Å². The van der Waals surface area contributed by atoms with E-state index in [-0.39, 0.29) is 0 Å². The minimum absolute atomic E-state index is 0.436. The van der Waals surface area contributed by atoms with E-state index in [0.29, 0.717) is 5.69 Å². The molecule has 0 aliphatic rings. The van der Waals surface area contributed by atoms with E-state index in [0.717, 1.165) is 28.1 Å². The van der Waals surface area contributed by atoms with Crippen LogP contribution in [0.1, 0.15) is 10.5 Å². The number of hydrogen-bond acceptors (Lipinski definition) is 3. The summed E-state index contributed by atoms with van der Waals surface area (Å²) in [6.07, 6.45) is 2.48. The molecule has 2 aromatic heterocycles. The van der Waals surface area contributed by atoms with E-state index in [4.69, 9.17) is 0 Å². The van der Waals surface area contributed by atoms with Crippen molar-refractivity contribution in [2.24, 2.45) is 0 Å². The van der Waals surface area contributed by atoms with Crippen molar-refractivity contribution in [2.75, 3.05) is 0 Å². The first-order valence-corrected chi connectivity index (χ1v) is 4.98. The van der Waals surface area contributed by atoms with Crippen molar-refractivity contribution in [3.63, 3.8) is 0 Å². The Balaban J connectivity index is 2.52. The zero-order valence-corrected chi connectivity index (χ0v) is 8.42. The largest absolute Gasteiger partial charge is 0.296 e. The molecule has 3 heteroatoms. The summed E-state index contributed by atoms with van der Waals surface area (Å²) in [5.41, 5.74) is 2.05. The Hall–Kier alpha value is -2.29. The van der Waals surface area contributed by atoms with Crippen LogP contribution in [0.15, 0.2) is 42.6 Å². The van der Waals surface area contributed by atoms with Gasteiger partial charge in [0.05, 0.1) is 11.0 Å². The molecule has 0 aliphatic heterocycles. The van der Waals surface area contributed by atoms with Crippen molar-refractivity contribution in [3.8, 4) is 0 Å². The van der Waals surface area contributed by atoms with Gasteiger partial charge in [0.25, 0.3) is 0 Å². The van der Waals surface area contributed by atoms with Gasteiger partial charge in [0.2, 0.25) is 0 Å². The van der Waals surface area contributed by atoms with E-state index in [1.807, 2.05) is 30.3 Å². The fourth-order valence-electron chi connectivity index (χ4n) is 1.80. The van der Waals surface area contributed by atoms with Gasteiger partial charge in [0.1, 0.15) is 5.69 Å². The molecule has 0 radical (unpaired) electrons. The number of aldehydes is 1. The van der Waals surface area contributed by atoms with Crippen molar-refractivity contribution in [1.82, 2.24) is 9.97 Å². The molecule has 0 saturated heterocycles. The highest BCUT2D eigenvalue weighted by Crippen LogP contribution is 2.21. The van der Waals surface area contributed by atoms with Gasteiger partial charge in [-0.2, -0.15) is 0 Å². The molecule has 76 valence electrons. The number of benzene rings is 1. The number of carbonyl (C=O) groups is 1. The molecule has 0 spiro atoms. The van der Waals surface area contributed by atoms with Gasteiger partial charge in [-0.15, -0.1) is 0 Å². The van der Waals surface area contributed by atoms with Gasteiger partial charge >= 0.3 is 0 Å². The van der Waals surface area contributed by atoms with Crippen molar-refractivity contribution in [1.29, 1.82) is 0 Å². The van der Waals surface area contributed by atoms with Gasteiger partial charge in [0.15, 0.2) is 6.29 Å². The number of hydrogen-bond donors (Lipinski definition) is 0. The van der Waals surface area contributed by atoms with Gasteiger partial charge in [-0.25, -0.2) is 4.98 Å². The second kappa shape index (κ2) is 3.38. The summed E-state index contributed by atoms with van der Waals surface area (Å²) in [5, 5.41) is 2.03. The minimum Gasteiger partial charge on any atom is -0.296 e. The lowest BCUT2D eigenvalue weighted by molar-refractivity contribution is 0.111. The predicted molar refractivity (Wildman–Crippen MR) is 62.4 cm³/mol.